The Morgan fingerprint density at radius 3 is 2.44 bits per heavy atom. The number of carbonyl (C=O) groups excluding carboxylic acids is 1. The molecule has 5 nitrogen and oxygen atoms in total. The van der Waals surface area contributed by atoms with Gasteiger partial charge in [0.25, 0.3) is 0 Å². The highest BCUT2D eigenvalue weighted by Crippen LogP contribution is 2.28. The number of benzene rings is 2. The van der Waals surface area contributed by atoms with Crippen molar-refractivity contribution in [3.8, 4) is 11.5 Å². The van der Waals surface area contributed by atoms with Crippen LogP contribution in [0, 0.1) is 0 Å². The number of halogens is 2. The van der Waals surface area contributed by atoms with Crippen molar-refractivity contribution in [3.05, 3.63) is 56.5 Å². The zero-order valence-electron chi connectivity index (χ0n) is 13.4. The zero-order chi connectivity index (χ0) is 18.4. The number of unbranched alkanes of at least 4 members (excludes halogenated alkanes) is 1. The highest BCUT2D eigenvalue weighted by molar-refractivity contribution is 9.10. The SMILES string of the molecule is CCCCOc1ccc(C(=O)Oc2ccc(Br)cc2C(=O)O)cc1Br. The number of esters is 1. The Bertz CT molecular complexity index is 789. The highest BCUT2D eigenvalue weighted by Gasteiger charge is 2.17. The second kappa shape index (κ2) is 9.01. The number of carboxylic acids is 1. The first-order valence-electron chi connectivity index (χ1n) is 7.59. The van der Waals surface area contributed by atoms with Gasteiger partial charge in [-0.2, -0.15) is 0 Å². The normalized spacial score (nSPS) is 10.4. The van der Waals surface area contributed by atoms with Gasteiger partial charge in [0.1, 0.15) is 17.1 Å². The quantitative estimate of drug-likeness (QED) is 0.336. The lowest BCUT2D eigenvalue weighted by Crippen LogP contribution is -2.11. The van der Waals surface area contributed by atoms with Crippen LogP contribution < -0.4 is 9.47 Å². The molecule has 0 aliphatic heterocycles. The van der Waals surface area contributed by atoms with Crippen molar-refractivity contribution in [2.75, 3.05) is 6.61 Å². The molecule has 0 saturated carbocycles. The Labute approximate surface area is 162 Å². The van der Waals surface area contributed by atoms with Crippen LogP contribution >= 0.6 is 31.9 Å². The highest BCUT2D eigenvalue weighted by atomic mass is 79.9. The summed E-state index contributed by atoms with van der Waals surface area (Å²) in [6.07, 6.45) is 1.97. The summed E-state index contributed by atoms with van der Waals surface area (Å²) < 4.78 is 12.1. The number of hydrogen-bond acceptors (Lipinski definition) is 4. The van der Waals surface area contributed by atoms with Crippen molar-refractivity contribution in [1.29, 1.82) is 0 Å². The maximum atomic E-state index is 12.3. The lowest BCUT2D eigenvalue weighted by atomic mass is 10.2. The van der Waals surface area contributed by atoms with Gasteiger partial charge in [0.05, 0.1) is 16.6 Å². The molecule has 1 N–H and O–H groups in total. The molecule has 0 bridgehead atoms. The molecule has 0 aromatic heterocycles. The molecule has 0 spiro atoms. The Hall–Kier alpha value is -1.86. The first-order valence-corrected chi connectivity index (χ1v) is 9.18. The maximum absolute atomic E-state index is 12.3. The first kappa shape index (κ1) is 19.5. The molecule has 0 atom stereocenters. The van der Waals surface area contributed by atoms with E-state index in [1.807, 2.05) is 0 Å². The van der Waals surface area contributed by atoms with Crippen molar-refractivity contribution in [2.45, 2.75) is 19.8 Å². The zero-order valence-corrected chi connectivity index (χ0v) is 16.6. The van der Waals surface area contributed by atoms with E-state index in [9.17, 15) is 14.7 Å². The van der Waals surface area contributed by atoms with Crippen molar-refractivity contribution >= 4 is 43.8 Å². The van der Waals surface area contributed by atoms with E-state index < -0.39 is 11.9 Å². The number of hydrogen-bond donors (Lipinski definition) is 1. The molecule has 2 aromatic carbocycles. The molecule has 0 heterocycles. The third kappa shape index (κ3) is 5.31. The van der Waals surface area contributed by atoms with E-state index >= 15 is 0 Å². The molecule has 0 fully saturated rings. The Morgan fingerprint density at radius 2 is 1.80 bits per heavy atom. The van der Waals surface area contributed by atoms with Crippen molar-refractivity contribution in [2.24, 2.45) is 0 Å². The van der Waals surface area contributed by atoms with Gasteiger partial charge in [-0.05, 0) is 58.7 Å². The standard InChI is InChI=1S/C18H16Br2O5/c1-2-3-8-24-16-6-4-11(9-14(16)20)18(23)25-15-7-5-12(19)10-13(15)17(21)22/h4-7,9-10H,2-3,8H2,1H3,(H,21,22). The van der Waals surface area contributed by atoms with Gasteiger partial charge in [-0.15, -0.1) is 0 Å². The largest absolute Gasteiger partial charge is 0.492 e. The van der Waals surface area contributed by atoms with E-state index in [0.29, 0.717) is 21.3 Å². The fourth-order valence-corrected chi connectivity index (χ4v) is 2.84. The summed E-state index contributed by atoms with van der Waals surface area (Å²) in [5.41, 5.74) is 0.190. The van der Waals surface area contributed by atoms with Crippen LogP contribution in [-0.2, 0) is 0 Å². The first-order chi connectivity index (χ1) is 11.9. The van der Waals surface area contributed by atoms with Gasteiger partial charge >= 0.3 is 11.9 Å². The van der Waals surface area contributed by atoms with Crippen LogP contribution in [0.1, 0.15) is 40.5 Å². The average molecular weight is 472 g/mol. The number of rotatable bonds is 7. The van der Waals surface area contributed by atoms with Crippen molar-refractivity contribution in [3.63, 3.8) is 0 Å². The van der Waals surface area contributed by atoms with E-state index in [1.165, 1.54) is 12.1 Å². The van der Waals surface area contributed by atoms with E-state index in [0.717, 1.165) is 12.8 Å². The van der Waals surface area contributed by atoms with Crippen LogP contribution in [0.4, 0.5) is 0 Å². The summed E-state index contributed by atoms with van der Waals surface area (Å²) in [5, 5.41) is 9.22. The van der Waals surface area contributed by atoms with Crippen molar-refractivity contribution < 1.29 is 24.2 Å². The van der Waals surface area contributed by atoms with Crippen LogP contribution in [0.5, 0.6) is 11.5 Å². The van der Waals surface area contributed by atoms with Crippen LogP contribution in [0.2, 0.25) is 0 Å². The molecule has 25 heavy (non-hydrogen) atoms. The molecule has 7 heteroatoms. The topological polar surface area (TPSA) is 72.8 Å². The minimum Gasteiger partial charge on any atom is -0.492 e. The van der Waals surface area contributed by atoms with E-state index in [-0.39, 0.29) is 16.9 Å². The molecule has 0 amide bonds. The number of carboxylic acid groups (broad SMARTS) is 1. The van der Waals surface area contributed by atoms with Gasteiger partial charge in [-0.25, -0.2) is 9.59 Å². The lowest BCUT2D eigenvalue weighted by Gasteiger charge is -2.10. The second-order valence-corrected chi connectivity index (χ2v) is 6.95. The van der Waals surface area contributed by atoms with Gasteiger partial charge in [0.2, 0.25) is 0 Å². The minimum atomic E-state index is -1.18. The minimum absolute atomic E-state index is 0.0138. The maximum Gasteiger partial charge on any atom is 0.343 e. The number of carbonyl (C=O) groups is 2. The summed E-state index contributed by atoms with van der Waals surface area (Å²) >= 11 is 6.56. The predicted molar refractivity (Wildman–Crippen MR) is 101 cm³/mol. The van der Waals surface area contributed by atoms with E-state index in [1.54, 1.807) is 24.3 Å². The average Bonchev–Trinajstić information content (AvgIpc) is 2.57. The molecule has 2 aromatic rings. The second-order valence-electron chi connectivity index (χ2n) is 5.18. The Balaban J connectivity index is 2.16. The molecule has 0 unspecified atom stereocenters. The molecule has 0 aliphatic carbocycles. The molecular formula is C18H16Br2O5. The summed E-state index contributed by atoms with van der Waals surface area (Å²) in [6.45, 7) is 2.67. The van der Waals surface area contributed by atoms with Gasteiger partial charge in [-0.3, -0.25) is 0 Å². The van der Waals surface area contributed by atoms with Gasteiger partial charge < -0.3 is 14.6 Å². The smallest absolute Gasteiger partial charge is 0.343 e. The number of ether oxygens (including phenoxy) is 2. The van der Waals surface area contributed by atoms with Crippen LogP contribution in [0.15, 0.2) is 45.3 Å². The summed E-state index contributed by atoms with van der Waals surface area (Å²) in [4.78, 5) is 23.6. The Morgan fingerprint density at radius 1 is 1.08 bits per heavy atom. The lowest BCUT2D eigenvalue weighted by molar-refractivity contribution is 0.0681. The van der Waals surface area contributed by atoms with Gasteiger partial charge in [0, 0.05) is 4.47 Å². The molecule has 0 saturated heterocycles. The monoisotopic (exact) mass is 470 g/mol. The van der Waals surface area contributed by atoms with Gasteiger partial charge in [-0.1, -0.05) is 29.3 Å². The molecular weight excluding hydrogens is 456 g/mol. The van der Waals surface area contributed by atoms with Crippen LogP contribution in [0.3, 0.4) is 0 Å². The molecule has 0 radical (unpaired) electrons. The fraction of sp³-hybridized carbons (Fsp3) is 0.222. The number of aromatic carboxylic acids is 1. The van der Waals surface area contributed by atoms with Crippen molar-refractivity contribution in [1.82, 2.24) is 0 Å². The van der Waals surface area contributed by atoms with Crippen LogP contribution in [-0.4, -0.2) is 23.7 Å². The Kier molecular flexibility index (Phi) is 7.01. The van der Waals surface area contributed by atoms with E-state index in [2.05, 4.69) is 38.8 Å². The third-order valence-corrected chi connectivity index (χ3v) is 4.41. The van der Waals surface area contributed by atoms with Gasteiger partial charge in [0.15, 0.2) is 0 Å². The summed E-state index contributed by atoms with van der Waals surface area (Å²) in [7, 11) is 0. The molecule has 0 aliphatic rings. The van der Waals surface area contributed by atoms with Crippen LogP contribution in [0.25, 0.3) is 0 Å². The summed E-state index contributed by atoms with van der Waals surface area (Å²) in [6, 6.07) is 9.26. The predicted octanol–water partition coefficient (Wildman–Crippen LogP) is 5.31. The molecule has 2 rings (SSSR count). The molecule has 132 valence electrons. The van der Waals surface area contributed by atoms with E-state index in [4.69, 9.17) is 9.47 Å². The summed E-state index contributed by atoms with van der Waals surface area (Å²) in [5.74, 6) is -1.20. The fourth-order valence-electron chi connectivity index (χ4n) is 1.99. The third-order valence-electron chi connectivity index (χ3n) is 3.30.